The van der Waals surface area contributed by atoms with E-state index in [0.29, 0.717) is 0 Å². The average Bonchev–Trinajstić information content (AvgIpc) is 1.69. The van der Waals surface area contributed by atoms with Crippen molar-refractivity contribution in [2.75, 3.05) is 0 Å². The van der Waals surface area contributed by atoms with Crippen LogP contribution < -0.4 is 24.8 Å². The van der Waals surface area contributed by atoms with Crippen molar-refractivity contribution in [1.82, 2.24) is 0 Å². The molecule has 0 aromatic rings. The van der Waals surface area contributed by atoms with Crippen LogP contribution in [0.15, 0.2) is 17.9 Å². The molecule has 0 aliphatic carbocycles. The summed E-state index contributed by atoms with van der Waals surface area (Å²) in [7, 11) is 0. The van der Waals surface area contributed by atoms with Crippen molar-refractivity contribution >= 4 is 0 Å². The summed E-state index contributed by atoms with van der Waals surface area (Å²) in [5.41, 5.74) is 5.96. The molecule has 0 aromatic carbocycles. The van der Waals surface area contributed by atoms with Gasteiger partial charge in [0, 0.05) is 6.20 Å². The first kappa shape index (κ1) is 22.7. The maximum absolute atomic E-state index is 5.96. The Morgan fingerprint density at radius 1 is 1.44 bits per heavy atom. The molecule has 0 rings (SSSR count). The Bertz CT molecular complexity index is 45.8. The van der Waals surface area contributed by atoms with Crippen LogP contribution >= 0.6 is 0 Å². The van der Waals surface area contributed by atoms with Crippen LogP contribution in [0, 0.1) is 5.53 Å². The largest absolute Gasteiger partial charge is 1.00 e. The second-order valence-corrected chi connectivity index (χ2v) is 1.62. The smallest absolute Gasteiger partial charge is 1.00 e. The molecule has 0 spiro atoms. The number of hydrogen-bond acceptors (Lipinski definition) is 2. The third-order valence-electron chi connectivity index (χ3n) is 0.0913. The van der Waals surface area contributed by atoms with Crippen LogP contribution in [0.5, 0.6) is 0 Å². The Morgan fingerprint density at radius 2 is 1.56 bits per heavy atom. The fourth-order valence-corrected chi connectivity index (χ4v) is 0. The van der Waals surface area contributed by atoms with E-state index in [9.17, 15) is 0 Å². The van der Waals surface area contributed by atoms with Crippen molar-refractivity contribution in [2.45, 2.75) is 11.8 Å². The Morgan fingerprint density at radius 3 is 1.56 bits per heavy atom. The standard InChI is InChI=1S/C2H4N2.2CH3.2ClH.Ni/c1-2-4-3;;;;;/h2-3H,1H2;2*1H3;2*1H;/q;;;;;+2/p-2. The van der Waals surface area contributed by atoms with Crippen LogP contribution in [0.1, 0.15) is 0 Å². The third kappa shape index (κ3) is 173. The molecule has 5 heteroatoms. The van der Waals surface area contributed by atoms with Gasteiger partial charge in [-0.15, -0.1) is 0 Å². The first-order chi connectivity index (χ1) is 3.33. The minimum atomic E-state index is 0. The molecular weight excluding hydrogens is 206 g/mol. The van der Waals surface area contributed by atoms with Crippen LogP contribution in [-0.4, -0.2) is 0 Å². The maximum atomic E-state index is 5.96. The molecule has 0 fully saturated rings. The molecule has 0 saturated carbocycles. The van der Waals surface area contributed by atoms with Gasteiger partial charge >= 0.3 is 26.2 Å². The molecule has 0 bridgehead atoms. The molecule has 0 aromatic heterocycles. The van der Waals surface area contributed by atoms with Crippen LogP contribution in [0.2, 0.25) is 11.8 Å². The van der Waals surface area contributed by atoms with Crippen LogP contribution in [0.25, 0.3) is 0 Å². The van der Waals surface area contributed by atoms with Crippen molar-refractivity contribution in [3.8, 4) is 0 Å². The molecule has 0 aliphatic heterocycles. The van der Waals surface area contributed by atoms with E-state index in [-0.39, 0.29) is 24.8 Å². The first-order valence-corrected chi connectivity index (χ1v) is 3.50. The van der Waals surface area contributed by atoms with E-state index in [1.54, 1.807) is 14.4 Å². The van der Waals surface area contributed by atoms with E-state index in [1.807, 2.05) is 0 Å². The fourth-order valence-electron chi connectivity index (χ4n) is 0. The fraction of sp³-hybridized carbons (Fsp3) is 0.500. The predicted octanol–water partition coefficient (Wildman–Crippen LogP) is -3.67. The van der Waals surface area contributed by atoms with E-state index in [1.165, 1.54) is 6.20 Å². The van der Waals surface area contributed by atoms with E-state index >= 15 is 0 Å². The zero-order valence-corrected chi connectivity index (χ0v) is 7.80. The normalized spacial score (nSPS) is 4.67. The summed E-state index contributed by atoms with van der Waals surface area (Å²) in [5.74, 6) is 4.12. The van der Waals surface area contributed by atoms with Crippen molar-refractivity contribution in [2.24, 2.45) is 5.11 Å². The van der Waals surface area contributed by atoms with Crippen molar-refractivity contribution < 1.29 is 39.3 Å². The summed E-state index contributed by atoms with van der Waals surface area (Å²) in [6, 6.07) is 0. The number of rotatable bonds is 1. The second kappa shape index (κ2) is 39.7. The Balaban J connectivity index is -0.0000000233. The Hall–Kier alpha value is 0.414. The summed E-state index contributed by atoms with van der Waals surface area (Å²) in [4.78, 5) is 0. The molecule has 0 saturated heterocycles. The summed E-state index contributed by atoms with van der Waals surface area (Å²) >= 11 is 1.62. The van der Waals surface area contributed by atoms with Gasteiger partial charge < -0.3 is 24.8 Å². The Labute approximate surface area is 74.6 Å². The first-order valence-electron chi connectivity index (χ1n) is 1.52. The monoisotopic (exact) mass is 214 g/mol. The zero-order chi connectivity index (χ0) is 6.12. The third-order valence-corrected chi connectivity index (χ3v) is 0.0913. The van der Waals surface area contributed by atoms with Crippen molar-refractivity contribution in [3.05, 3.63) is 12.8 Å². The van der Waals surface area contributed by atoms with Gasteiger partial charge in [0.05, 0.1) is 0 Å². The van der Waals surface area contributed by atoms with Crippen molar-refractivity contribution in [3.63, 3.8) is 0 Å². The van der Waals surface area contributed by atoms with E-state index in [0.717, 1.165) is 0 Å². The van der Waals surface area contributed by atoms with Gasteiger partial charge in [0.25, 0.3) is 0 Å². The molecule has 60 valence electrons. The zero-order valence-electron chi connectivity index (χ0n) is 5.30. The molecule has 0 aliphatic rings. The SMILES string of the molecule is C=CN=N.[CH3][Ni+2][CH3].[Cl-].[Cl-]. The van der Waals surface area contributed by atoms with Gasteiger partial charge in [0.15, 0.2) is 0 Å². The summed E-state index contributed by atoms with van der Waals surface area (Å²) in [6.07, 6.45) is 1.17. The van der Waals surface area contributed by atoms with Gasteiger partial charge in [-0.1, -0.05) is 6.58 Å². The molecule has 9 heavy (non-hydrogen) atoms. The van der Waals surface area contributed by atoms with Gasteiger partial charge in [-0.3, -0.25) is 0 Å². The molecule has 0 atom stereocenters. The van der Waals surface area contributed by atoms with E-state index < -0.39 is 0 Å². The molecule has 0 radical (unpaired) electrons. The van der Waals surface area contributed by atoms with Gasteiger partial charge in [0.1, 0.15) is 0 Å². The van der Waals surface area contributed by atoms with Gasteiger partial charge in [0.2, 0.25) is 0 Å². The van der Waals surface area contributed by atoms with Gasteiger partial charge in [-0.25, -0.2) is 5.53 Å². The molecule has 0 unspecified atom stereocenters. The molecular formula is C4H10Cl2N2Ni. The molecule has 1 N–H and O–H groups in total. The number of nitrogens with zero attached hydrogens (tertiary/aromatic N) is 1. The molecule has 2 nitrogen and oxygen atoms in total. The maximum Gasteiger partial charge on any atom is -1.00 e. The number of nitrogens with one attached hydrogen (secondary N) is 1. The van der Waals surface area contributed by atoms with Crippen molar-refractivity contribution in [1.29, 1.82) is 5.53 Å². The van der Waals surface area contributed by atoms with Crippen LogP contribution in [-0.2, 0) is 14.4 Å². The van der Waals surface area contributed by atoms with Gasteiger partial charge in [-0.2, -0.15) is 5.11 Å². The van der Waals surface area contributed by atoms with E-state index in [2.05, 4.69) is 23.5 Å². The summed E-state index contributed by atoms with van der Waals surface area (Å²) in [6.45, 7) is 3.12. The summed E-state index contributed by atoms with van der Waals surface area (Å²) < 4.78 is 0. The van der Waals surface area contributed by atoms with E-state index in [4.69, 9.17) is 5.53 Å². The number of hydrogen-bond donors (Lipinski definition) is 1. The minimum Gasteiger partial charge on any atom is -1.00 e. The molecule has 0 heterocycles. The average molecular weight is 216 g/mol. The Kier molecular flexibility index (Phi) is 100. The number of halogens is 2. The quantitative estimate of drug-likeness (QED) is 0.346. The van der Waals surface area contributed by atoms with Gasteiger partial charge in [-0.05, 0) is 0 Å². The topological polar surface area (TPSA) is 36.2 Å². The summed E-state index contributed by atoms with van der Waals surface area (Å²) in [5, 5.41) is 2.75. The molecule has 0 amide bonds. The second-order valence-electron chi connectivity index (χ2n) is 0.628. The predicted molar refractivity (Wildman–Crippen MR) is 27.1 cm³/mol. The minimum absolute atomic E-state index is 0. The van der Waals surface area contributed by atoms with Crippen LogP contribution in [0.4, 0.5) is 0 Å². The van der Waals surface area contributed by atoms with Crippen LogP contribution in [0.3, 0.4) is 0 Å².